The normalized spacial score (nSPS) is 11.3. The van der Waals surface area contributed by atoms with E-state index in [2.05, 4.69) is 4.98 Å². The number of allylic oxidation sites excluding steroid dienone is 1. The van der Waals surface area contributed by atoms with E-state index in [-0.39, 0.29) is 5.78 Å². The Bertz CT molecular complexity index is 1180. The summed E-state index contributed by atoms with van der Waals surface area (Å²) in [6.07, 6.45) is 5.40. The first-order chi connectivity index (χ1) is 15.7. The van der Waals surface area contributed by atoms with Gasteiger partial charge >= 0.3 is 0 Å². The van der Waals surface area contributed by atoms with Crippen molar-refractivity contribution in [3.05, 3.63) is 95.6 Å². The van der Waals surface area contributed by atoms with Gasteiger partial charge in [-0.1, -0.05) is 59.8 Å². The smallest absolute Gasteiger partial charge is 0.256 e. The number of aromatic nitrogens is 1. The van der Waals surface area contributed by atoms with Crippen molar-refractivity contribution in [3.63, 3.8) is 0 Å². The van der Waals surface area contributed by atoms with Crippen molar-refractivity contribution in [2.75, 3.05) is 12.4 Å². The van der Waals surface area contributed by atoms with Crippen molar-refractivity contribution in [2.24, 2.45) is 0 Å². The van der Waals surface area contributed by atoms with Gasteiger partial charge in [0.15, 0.2) is 11.4 Å². The molecule has 0 radical (unpaired) electrons. The Kier molecular flexibility index (Phi) is 7.41. The number of hydrogen-bond donors (Lipinski definition) is 0. The van der Waals surface area contributed by atoms with Gasteiger partial charge in [0.2, 0.25) is 0 Å². The van der Waals surface area contributed by atoms with Crippen LogP contribution in [-0.4, -0.2) is 23.1 Å². The largest absolute Gasteiger partial charge is 0.494 e. The second-order valence-electron chi connectivity index (χ2n) is 7.49. The third-order valence-corrected chi connectivity index (χ3v) is 5.83. The molecule has 162 valence electrons. The summed E-state index contributed by atoms with van der Waals surface area (Å²) in [5.74, 6) is 1.68. The number of unbranched alkanes of at least 4 members (excludes halogenated alkanes) is 1. The third kappa shape index (κ3) is 6.11. The highest BCUT2D eigenvalue weighted by molar-refractivity contribution is 7.99. The van der Waals surface area contributed by atoms with Crippen molar-refractivity contribution < 1.29 is 13.9 Å². The van der Waals surface area contributed by atoms with Crippen molar-refractivity contribution in [1.29, 1.82) is 0 Å². The van der Waals surface area contributed by atoms with Crippen LogP contribution in [0.25, 0.3) is 17.2 Å². The predicted molar refractivity (Wildman–Crippen MR) is 130 cm³/mol. The van der Waals surface area contributed by atoms with Crippen LogP contribution in [0, 0.1) is 6.92 Å². The van der Waals surface area contributed by atoms with Gasteiger partial charge in [-0.2, -0.15) is 0 Å². The lowest BCUT2D eigenvalue weighted by atomic mass is 10.1. The molecule has 0 spiro atoms. The highest BCUT2D eigenvalue weighted by atomic mass is 32.2. The summed E-state index contributed by atoms with van der Waals surface area (Å²) in [4.78, 5) is 16.8. The van der Waals surface area contributed by atoms with Crippen LogP contribution in [-0.2, 0) is 0 Å². The van der Waals surface area contributed by atoms with E-state index in [0.717, 1.165) is 41.0 Å². The maximum Gasteiger partial charge on any atom is 0.256 e. The van der Waals surface area contributed by atoms with E-state index in [9.17, 15) is 4.79 Å². The number of thioether (sulfide) groups is 1. The van der Waals surface area contributed by atoms with Gasteiger partial charge in [-0.15, -0.1) is 0 Å². The highest BCUT2D eigenvalue weighted by Crippen LogP contribution is 2.24. The van der Waals surface area contributed by atoms with E-state index in [0.29, 0.717) is 17.4 Å². The first-order valence-corrected chi connectivity index (χ1v) is 11.7. The van der Waals surface area contributed by atoms with Crippen LogP contribution in [0.4, 0.5) is 0 Å². The molecule has 0 aliphatic rings. The number of rotatable bonds is 10. The molecule has 0 N–H and O–H groups in total. The Morgan fingerprint density at radius 3 is 2.69 bits per heavy atom. The van der Waals surface area contributed by atoms with E-state index in [4.69, 9.17) is 9.15 Å². The standard InChI is InChI=1S/C27H25NO3S/c1-20-7-6-8-21(19-20)11-16-25(29)22-12-14-23(15-13-22)30-17-4-5-18-32-27-28-24-9-2-3-10-26(24)31-27/h2-3,6-16,19H,4-5,17-18H2,1H3/b16-11+. The summed E-state index contributed by atoms with van der Waals surface area (Å²) in [7, 11) is 0. The molecule has 0 fully saturated rings. The molecule has 0 bridgehead atoms. The Morgan fingerprint density at radius 2 is 1.88 bits per heavy atom. The third-order valence-electron chi connectivity index (χ3n) is 4.92. The van der Waals surface area contributed by atoms with Gasteiger partial charge in [0.25, 0.3) is 5.22 Å². The van der Waals surface area contributed by atoms with E-state index in [1.807, 2.05) is 73.7 Å². The van der Waals surface area contributed by atoms with Gasteiger partial charge in [0, 0.05) is 11.3 Å². The van der Waals surface area contributed by atoms with Crippen LogP contribution < -0.4 is 4.74 Å². The lowest BCUT2D eigenvalue weighted by molar-refractivity contribution is 0.104. The summed E-state index contributed by atoms with van der Waals surface area (Å²) >= 11 is 1.62. The molecule has 0 unspecified atom stereocenters. The number of oxazole rings is 1. The Hall–Kier alpha value is -3.31. The summed E-state index contributed by atoms with van der Waals surface area (Å²) in [6, 6.07) is 23.2. The van der Waals surface area contributed by atoms with Crippen LogP contribution in [0.1, 0.15) is 34.3 Å². The SMILES string of the molecule is Cc1cccc(/C=C/C(=O)c2ccc(OCCCCSc3nc4ccccc4o3)cc2)c1. The average molecular weight is 444 g/mol. The lowest BCUT2D eigenvalue weighted by Gasteiger charge is -2.06. The van der Waals surface area contributed by atoms with E-state index in [1.165, 1.54) is 5.56 Å². The minimum atomic E-state index is -0.0192. The molecule has 0 saturated heterocycles. The van der Waals surface area contributed by atoms with Crippen molar-refractivity contribution in [3.8, 4) is 5.75 Å². The molecule has 1 heterocycles. The summed E-state index contributed by atoms with van der Waals surface area (Å²) in [5.41, 5.74) is 4.56. The molecule has 3 aromatic carbocycles. The maximum absolute atomic E-state index is 12.4. The Labute approximate surface area is 192 Å². The zero-order valence-corrected chi connectivity index (χ0v) is 18.8. The average Bonchev–Trinajstić information content (AvgIpc) is 3.23. The van der Waals surface area contributed by atoms with Gasteiger partial charge in [-0.05, 0) is 67.8 Å². The fourth-order valence-electron chi connectivity index (χ4n) is 3.22. The van der Waals surface area contributed by atoms with Crippen molar-refractivity contribution in [1.82, 2.24) is 4.98 Å². The zero-order valence-electron chi connectivity index (χ0n) is 18.0. The number of hydrogen-bond acceptors (Lipinski definition) is 5. The van der Waals surface area contributed by atoms with E-state index in [1.54, 1.807) is 30.0 Å². The number of ether oxygens (including phenoxy) is 1. The van der Waals surface area contributed by atoms with Crippen molar-refractivity contribution >= 4 is 34.7 Å². The second kappa shape index (κ2) is 10.8. The monoisotopic (exact) mass is 443 g/mol. The summed E-state index contributed by atoms with van der Waals surface area (Å²) < 4.78 is 11.5. The number of nitrogens with zero attached hydrogens (tertiary/aromatic N) is 1. The predicted octanol–water partition coefficient (Wildman–Crippen LogP) is 6.98. The Balaban J connectivity index is 1.17. The first-order valence-electron chi connectivity index (χ1n) is 10.7. The highest BCUT2D eigenvalue weighted by Gasteiger charge is 2.05. The molecule has 4 nitrogen and oxygen atoms in total. The number of benzene rings is 3. The van der Waals surface area contributed by atoms with Gasteiger partial charge in [-0.25, -0.2) is 4.98 Å². The van der Waals surface area contributed by atoms with E-state index >= 15 is 0 Å². The quantitative estimate of drug-likeness (QED) is 0.114. The molecule has 4 aromatic rings. The molecule has 1 aromatic heterocycles. The van der Waals surface area contributed by atoms with Crippen molar-refractivity contribution in [2.45, 2.75) is 25.0 Å². The van der Waals surface area contributed by atoms with Crippen LogP contribution in [0.2, 0.25) is 0 Å². The fourth-order valence-corrected chi connectivity index (χ4v) is 4.06. The minimum Gasteiger partial charge on any atom is -0.494 e. The van der Waals surface area contributed by atoms with Gasteiger partial charge in [0.1, 0.15) is 11.3 Å². The number of para-hydroxylation sites is 2. The maximum atomic E-state index is 12.4. The van der Waals surface area contributed by atoms with Gasteiger partial charge in [-0.3, -0.25) is 4.79 Å². The summed E-state index contributed by atoms with van der Waals surface area (Å²) in [6.45, 7) is 2.67. The molecular formula is C27H25NO3S. The van der Waals surface area contributed by atoms with Crippen LogP contribution in [0.3, 0.4) is 0 Å². The van der Waals surface area contributed by atoms with Crippen LogP contribution in [0.15, 0.2) is 88.5 Å². The minimum absolute atomic E-state index is 0.0192. The molecule has 32 heavy (non-hydrogen) atoms. The first kappa shape index (κ1) is 21.9. The topological polar surface area (TPSA) is 52.3 Å². The molecule has 0 aliphatic heterocycles. The number of ketones is 1. The second-order valence-corrected chi connectivity index (χ2v) is 8.53. The molecule has 0 atom stereocenters. The number of carbonyl (C=O) groups excluding carboxylic acids is 1. The summed E-state index contributed by atoms with van der Waals surface area (Å²) in [5, 5.41) is 0.712. The van der Waals surface area contributed by atoms with E-state index < -0.39 is 0 Å². The van der Waals surface area contributed by atoms with Gasteiger partial charge in [0.05, 0.1) is 6.61 Å². The zero-order chi connectivity index (χ0) is 22.2. The fraction of sp³-hybridized carbons (Fsp3) is 0.185. The van der Waals surface area contributed by atoms with Crippen LogP contribution >= 0.6 is 11.8 Å². The molecule has 5 heteroatoms. The molecule has 0 saturated carbocycles. The van der Waals surface area contributed by atoms with Gasteiger partial charge < -0.3 is 9.15 Å². The number of carbonyl (C=O) groups is 1. The molecule has 0 aliphatic carbocycles. The molecular weight excluding hydrogens is 418 g/mol. The lowest BCUT2D eigenvalue weighted by Crippen LogP contribution is -1.99. The Morgan fingerprint density at radius 1 is 1.03 bits per heavy atom. The molecule has 4 rings (SSSR count). The number of fused-ring (bicyclic) bond motifs is 1. The number of aryl methyl sites for hydroxylation is 1. The molecule has 0 amide bonds. The van der Waals surface area contributed by atoms with Crippen LogP contribution in [0.5, 0.6) is 5.75 Å².